The van der Waals surface area contributed by atoms with Gasteiger partial charge in [-0.1, -0.05) is 18.2 Å². The third kappa shape index (κ3) is 3.71. The van der Waals surface area contributed by atoms with Crippen LogP contribution in [0, 0.1) is 11.6 Å². The summed E-state index contributed by atoms with van der Waals surface area (Å²) in [5.74, 6) is -4.50. The third-order valence-corrected chi connectivity index (χ3v) is 5.49. The molecule has 2 N–H and O–H groups in total. The molecule has 9 heteroatoms. The molecule has 34 heavy (non-hydrogen) atoms. The molecule has 4 rings (SSSR count). The Labute approximate surface area is 193 Å². The molecule has 0 aromatic heterocycles. The number of aromatic hydroxyl groups is 1. The van der Waals surface area contributed by atoms with Crippen LogP contribution in [0.3, 0.4) is 0 Å². The molecule has 1 saturated heterocycles. The van der Waals surface area contributed by atoms with Crippen molar-refractivity contribution in [1.29, 1.82) is 0 Å². The maximum absolute atomic E-state index is 14.7. The van der Waals surface area contributed by atoms with Crippen molar-refractivity contribution in [2.75, 3.05) is 19.1 Å². The Bertz CT molecular complexity index is 1300. The van der Waals surface area contributed by atoms with Crippen molar-refractivity contribution in [1.82, 2.24) is 0 Å². The second kappa shape index (κ2) is 8.86. The Balaban J connectivity index is 2.03. The predicted octanol–water partition coefficient (Wildman–Crippen LogP) is 4.31. The first kappa shape index (κ1) is 22.8. The zero-order chi connectivity index (χ0) is 24.6. The number of methoxy groups -OCH3 is 2. The van der Waals surface area contributed by atoms with Crippen molar-refractivity contribution in [3.63, 3.8) is 0 Å². The predicted molar refractivity (Wildman–Crippen MR) is 119 cm³/mol. The zero-order valence-corrected chi connectivity index (χ0v) is 18.1. The van der Waals surface area contributed by atoms with Gasteiger partial charge < -0.3 is 19.7 Å². The quantitative estimate of drug-likeness (QED) is 0.330. The lowest BCUT2D eigenvalue weighted by molar-refractivity contribution is -0.132. The number of rotatable bonds is 5. The lowest BCUT2D eigenvalue weighted by Crippen LogP contribution is -2.30. The van der Waals surface area contributed by atoms with Crippen LogP contribution in [0.5, 0.6) is 17.2 Å². The van der Waals surface area contributed by atoms with Gasteiger partial charge in [0.05, 0.1) is 31.5 Å². The average Bonchev–Trinajstić information content (AvgIpc) is 3.09. The summed E-state index contributed by atoms with van der Waals surface area (Å²) in [7, 11) is 2.71. The molecule has 3 aromatic rings. The molecule has 0 radical (unpaired) electrons. The fourth-order valence-corrected chi connectivity index (χ4v) is 3.95. The normalized spacial score (nSPS) is 17.2. The molecule has 3 aromatic carbocycles. The van der Waals surface area contributed by atoms with E-state index in [1.807, 2.05) is 0 Å². The van der Waals surface area contributed by atoms with Crippen LogP contribution in [0.4, 0.5) is 14.5 Å². The van der Waals surface area contributed by atoms with E-state index in [9.17, 15) is 28.6 Å². The highest BCUT2D eigenvalue weighted by atomic mass is 19.1. The van der Waals surface area contributed by atoms with E-state index in [-0.39, 0.29) is 39.6 Å². The molecule has 1 atom stereocenters. The minimum absolute atomic E-state index is 0.0221. The Morgan fingerprint density at radius 3 is 2.12 bits per heavy atom. The topological polar surface area (TPSA) is 96.3 Å². The number of Topliss-reactive ketones (excluding diaryl/α,β-unsaturated/α-hetero) is 1. The highest BCUT2D eigenvalue weighted by Crippen LogP contribution is 2.45. The van der Waals surface area contributed by atoms with Crippen LogP contribution in [0.15, 0.2) is 66.2 Å². The van der Waals surface area contributed by atoms with Crippen LogP contribution in [0.2, 0.25) is 0 Å². The fourth-order valence-electron chi connectivity index (χ4n) is 3.95. The minimum atomic E-state index is -1.30. The Hall–Kier alpha value is -4.40. The van der Waals surface area contributed by atoms with Gasteiger partial charge in [0.2, 0.25) is 0 Å². The number of anilines is 1. The van der Waals surface area contributed by atoms with E-state index in [0.29, 0.717) is 6.07 Å². The van der Waals surface area contributed by atoms with E-state index in [1.54, 1.807) is 6.07 Å². The number of ketones is 1. The first-order valence-corrected chi connectivity index (χ1v) is 10.0. The van der Waals surface area contributed by atoms with Crippen molar-refractivity contribution < 1.29 is 38.1 Å². The molecule has 1 heterocycles. The minimum Gasteiger partial charge on any atom is -0.508 e. The molecule has 7 nitrogen and oxygen atoms in total. The van der Waals surface area contributed by atoms with Crippen molar-refractivity contribution in [2.24, 2.45) is 0 Å². The van der Waals surface area contributed by atoms with Gasteiger partial charge in [-0.2, -0.15) is 0 Å². The zero-order valence-electron chi connectivity index (χ0n) is 18.1. The van der Waals surface area contributed by atoms with Gasteiger partial charge in [0.15, 0.2) is 0 Å². The number of hydrogen-bond acceptors (Lipinski definition) is 6. The largest absolute Gasteiger partial charge is 0.508 e. The number of nitrogens with zero attached hydrogens (tertiary/aromatic N) is 1. The summed E-state index contributed by atoms with van der Waals surface area (Å²) in [5, 5.41) is 21.0. The number of phenolic OH excluding ortho intramolecular Hbond substituents is 1. The highest BCUT2D eigenvalue weighted by Gasteiger charge is 2.48. The Kier molecular flexibility index (Phi) is 5.93. The lowest BCUT2D eigenvalue weighted by atomic mass is 9.94. The maximum Gasteiger partial charge on any atom is 0.300 e. The summed E-state index contributed by atoms with van der Waals surface area (Å²) in [5.41, 5.74) is -0.403. The van der Waals surface area contributed by atoms with Crippen molar-refractivity contribution >= 4 is 23.1 Å². The second-order valence-electron chi connectivity index (χ2n) is 7.39. The van der Waals surface area contributed by atoms with Gasteiger partial charge in [0.1, 0.15) is 40.2 Å². The van der Waals surface area contributed by atoms with E-state index in [2.05, 4.69) is 0 Å². The van der Waals surface area contributed by atoms with E-state index in [0.717, 1.165) is 17.0 Å². The van der Waals surface area contributed by atoms with Gasteiger partial charge >= 0.3 is 0 Å². The number of carbonyl (C=O) groups excluding carboxylic acids is 2. The molecule has 0 bridgehead atoms. The molecule has 174 valence electrons. The summed E-state index contributed by atoms with van der Waals surface area (Å²) in [6, 6.07) is 11.4. The number of aliphatic hydroxyl groups excluding tert-OH is 1. The Morgan fingerprint density at radius 2 is 1.56 bits per heavy atom. The number of amides is 1. The average molecular weight is 467 g/mol. The Morgan fingerprint density at radius 1 is 0.941 bits per heavy atom. The van der Waals surface area contributed by atoms with E-state index < -0.39 is 35.1 Å². The van der Waals surface area contributed by atoms with Crippen LogP contribution < -0.4 is 14.4 Å². The monoisotopic (exact) mass is 467 g/mol. The first-order valence-electron chi connectivity index (χ1n) is 10.0. The molecule has 1 aliphatic rings. The van der Waals surface area contributed by atoms with Gasteiger partial charge in [-0.15, -0.1) is 0 Å². The van der Waals surface area contributed by atoms with Crippen LogP contribution in [0.1, 0.15) is 17.2 Å². The van der Waals surface area contributed by atoms with Crippen LogP contribution in [-0.2, 0) is 9.59 Å². The smallest absolute Gasteiger partial charge is 0.300 e. The molecule has 1 amide bonds. The summed E-state index contributed by atoms with van der Waals surface area (Å²) < 4.78 is 38.9. The molecular weight excluding hydrogens is 448 g/mol. The lowest BCUT2D eigenvalue weighted by Gasteiger charge is -2.26. The third-order valence-electron chi connectivity index (χ3n) is 5.49. The SMILES string of the molecule is COc1cccc(OC)c1/C(O)=C1\C(=O)C(=O)N(c2ccc(F)cc2F)C1c1ccc(O)cc1. The molecule has 0 aliphatic carbocycles. The number of halogens is 2. The number of hydrogen-bond donors (Lipinski definition) is 2. The van der Waals surface area contributed by atoms with Crippen molar-refractivity contribution in [3.8, 4) is 17.2 Å². The van der Waals surface area contributed by atoms with Crippen LogP contribution in [0.25, 0.3) is 5.76 Å². The van der Waals surface area contributed by atoms with Gasteiger partial charge in [-0.25, -0.2) is 8.78 Å². The summed E-state index contributed by atoms with van der Waals surface area (Å²) in [4.78, 5) is 27.1. The van der Waals surface area contributed by atoms with E-state index >= 15 is 0 Å². The summed E-state index contributed by atoms with van der Waals surface area (Å²) in [6.07, 6.45) is 0. The molecule has 1 fully saturated rings. The van der Waals surface area contributed by atoms with Crippen LogP contribution >= 0.6 is 0 Å². The molecular formula is C25H19F2NO6. The molecule has 1 aliphatic heterocycles. The molecule has 1 unspecified atom stereocenters. The summed E-state index contributed by atoms with van der Waals surface area (Å²) >= 11 is 0. The number of aliphatic hydroxyl groups is 1. The van der Waals surface area contributed by atoms with Crippen LogP contribution in [-0.4, -0.2) is 36.1 Å². The summed E-state index contributed by atoms with van der Waals surface area (Å²) in [6.45, 7) is 0. The number of phenols is 1. The number of benzene rings is 3. The second-order valence-corrected chi connectivity index (χ2v) is 7.39. The van der Waals surface area contributed by atoms with Crippen molar-refractivity contribution in [2.45, 2.75) is 6.04 Å². The fraction of sp³-hybridized carbons (Fsp3) is 0.120. The maximum atomic E-state index is 14.7. The molecule has 0 spiro atoms. The standard InChI is InChI=1S/C25H19F2NO6/c1-33-18-4-3-5-19(34-2)20(18)23(30)21-22(13-6-9-15(29)10-7-13)28(25(32)24(21)31)17-11-8-14(26)12-16(17)27/h3-12,22,29-30H,1-2H3/b23-21+. The van der Waals surface area contributed by atoms with Gasteiger partial charge in [-0.05, 0) is 42.0 Å². The highest BCUT2D eigenvalue weighted by molar-refractivity contribution is 6.51. The van der Waals surface area contributed by atoms with Crippen molar-refractivity contribution in [3.05, 3.63) is 89.0 Å². The van der Waals surface area contributed by atoms with Gasteiger partial charge in [-0.3, -0.25) is 14.5 Å². The van der Waals surface area contributed by atoms with E-state index in [4.69, 9.17) is 9.47 Å². The number of ether oxygens (including phenoxy) is 2. The van der Waals surface area contributed by atoms with Gasteiger partial charge in [0, 0.05) is 6.07 Å². The van der Waals surface area contributed by atoms with E-state index in [1.165, 1.54) is 50.6 Å². The number of carbonyl (C=O) groups is 2. The first-order chi connectivity index (χ1) is 16.3. The van der Waals surface area contributed by atoms with Gasteiger partial charge in [0.25, 0.3) is 11.7 Å². The molecule has 0 saturated carbocycles.